The molecule has 0 aliphatic heterocycles. The largest absolute Gasteiger partial charge is 0.389 e. The number of nitrogens with one attached hydrogen (secondary N) is 1. The van der Waals surface area contributed by atoms with E-state index in [0.29, 0.717) is 24.8 Å². The number of aryl methyl sites for hydroxylation is 1. The molecule has 1 atom stereocenters. The normalized spacial score (nSPS) is 12.4. The van der Waals surface area contributed by atoms with Crippen molar-refractivity contribution in [3.05, 3.63) is 28.8 Å². The van der Waals surface area contributed by atoms with Crippen LogP contribution in [0.2, 0.25) is 5.02 Å². The highest BCUT2D eigenvalue weighted by atomic mass is 35.5. The minimum atomic E-state index is -0.516. The lowest BCUT2D eigenvalue weighted by Crippen LogP contribution is -2.25. The van der Waals surface area contributed by atoms with Gasteiger partial charge in [0, 0.05) is 13.2 Å². The maximum absolute atomic E-state index is 9.76. The Bertz CT molecular complexity index is 337. The molecule has 0 fully saturated rings. The third-order valence-electron chi connectivity index (χ3n) is 2.69. The summed E-state index contributed by atoms with van der Waals surface area (Å²) in [5, 5.41) is 13.6. The van der Waals surface area contributed by atoms with E-state index in [9.17, 15) is 5.11 Å². The molecule has 0 spiro atoms. The molecule has 4 heteroatoms. The summed E-state index contributed by atoms with van der Waals surface area (Å²) in [6, 6.07) is 5.73. The number of para-hydroxylation sites is 1. The van der Waals surface area contributed by atoms with E-state index in [1.54, 1.807) is 0 Å². The summed E-state index contributed by atoms with van der Waals surface area (Å²) in [6.07, 6.45) is 1.62. The van der Waals surface area contributed by atoms with Gasteiger partial charge in [-0.25, -0.2) is 0 Å². The molecule has 0 saturated heterocycles. The molecule has 1 aromatic carbocycles. The van der Waals surface area contributed by atoms with E-state index in [1.807, 2.05) is 25.1 Å². The monoisotopic (exact) mass is 271 g/mol. The van der Waals surface area contributed by atoms with Gasteiger partial charge in [0.05, 0.1) is 23.4 Å². The average Bonchev–Trinajstić information content (AvgIpc) is 2.34. The Labute approximate surface area is 114 Å². The number of unbranched alkanes of at least 4 members (excludes halogenated alkanes) is 1. The first-order chi connectivity index (χ1) is 8.65. The van der Waals surface area contributed by atoms with Gasteiger partial charge >= 0.3 is 0 Å². The highest BCUT2D eigenvalue weighted by molar-refractivity contribution is 6.33. The molecular formula is C14H22ClNO2. The van der Waals surface area contributed by atoms with Gasteiger partial charge < -0.3 is 15.2 Å². The summed E-state index contributed by atoms with van der Waals surface area (Å²) in [6.45, 7) is 5.60. The predicted molar refractivity (Wildman–Crippen MR) is 76.4 cm³/mol. The standard InChI is InChI=1S/C14H22ClNO2/c1-3-4-8-18-10-12(17)9-16-14-11(2)6-5-7-13(14)15/h5-7,12,16-17H,3-4,8-10H2,1-2H3. The lowest BCUT2D eigenvalue weighted by molar-refractivity contribution is 0.0421. The minimum absolute atomic E-state index is 0.358. The van der Waals surface area contributed by atoms with Crippen molar-refractivity contribution in [3.63, 3.8) is 0 Å². The van der Waals surface area contributed by atoms with Crippen LogP contribution in [0.25, 0.3) is 0 Å². The molecule has 102 valence electrons. The van der Waals surface area contributed by atoms with E-state index in [0.717, 1.165) is 24.1 Å². The third kappa shape index (κ3) is 5.25. The van der Waals surface area contributed by atoms with Crippen LogP contribution in [0.1, 0.15) is 25.3 Å². The van der Waals surface area contributed by atoms with Crippen molar-refractivity contribution in [1.82, 2.24) is 0 Å². The van der Waals surface area contributed by atoms with Gasteiger partial charge in [0.1, 0.15) is 0 Å². The fraction of sp³-hybridized carbons (Fsp3) is 0.571. The number of aliphatic hydroxyl groups excluding tert-OH is 1. The molecule has 0 saturated carbocycles. The lowest BCUT2D eigenvalue weighted by atomic mass is 10.2. The number of anilines is 1. The molecule has 1 rings (SSSR count). The zero-order chi connectivity index (χ0) is 13.4. The van der Waals surface area contributed by atoms with E-state index in [-0.39, 0.29) is 0 Å². The number of halogens is 1. The van der Waals surface area contributed by atoms with Crippen molar-refractivity contribution >= 4 is 17.3 Å². The van der Waals surface area contributed by atoms with Gasteiger partial charge in [-0.2, -0.15) is 0 Å². The zero-order valence-corrected chi connectivity index (χ0v) is 11.8. The van der Waals surface area contributed by atoms with E-state index >= 15 is 0 Å². The topological polar surface area (TPSA) is 41.5 Å². The Morgan fingerprint density at radius 1 is 1.44 bits per heavy atom. The molecule has 0 aliphatic rings. The molecule has 3 nitrogen and oxygen atoms in total. The SMILES string of the molecule is CCCCOCC(O)CNc1c(C)cccc1Cl. The van der Waals surface area contributed by atoms with Crippen molar-refractivity contribution in [2.24, 2.45) is 0 Å². The quantitative estimate of drug-likeness (QED) is 0.713. The first-order valence-corrected chi connectivity index (χ1v) is 6.77. The van der Waals surface area contributed by atoms with Crippen LogP contribution in [-0.4, -0.2) is 31.0 Å². The van der Waals surface area contributed by atoms with Gasteiger partial charge in [-0.15, -0.1) is 0 Å². The Balaban J connectivity index is 2.31. The lowest BCUT2D eigenvalue weighted by Gasteiger charge is -2.15. The van der Waals surface area contributed by atoms with Crippen LogP contribution in [0.5, 0.6) is 0 Å². The van der Waals surface area contributed by atoms with Crippen molar-refractivity contribution in [2.45, 2.75) is 32.8 Å². The summed E-state index contributed by atoms with van der Waals surface area (Å²) in [4.78, 5) is 0. The van der Waals surface area contributed by atoms with Crippen LogP contribution in [0.3, 0.4) is 0 Å². The van der Waals surface area contributed by atoms with Crippen LogP contribution >= 0.6 is 11.6 Å². The number of aliphatic hydroxyl groups is 1. The van der Waals surface area contributed by atoms with E-state index in [1.165, 1.54) is 0 Å². The number of rotatable bonds is 8. The number of ether oxygens (including phenoxy) is 1. The number of hydrogen-bond acceptors (Lipinski definition) is 3. The highest BCUT2D eigenvalue weighted by Crippen LogP contribution is 2.24. The average molecular weight is 272 g/mol. The summed E-state index contributed by atoms with van der Waals surface area (Å²) in [7, 11) is 0. The van der Waals surface area contributed by atoms with Gasteiger partial charge in [0.2, 0.25) is 0 Å². The second kappa shape index (κ2) is 8.35. The maximum Gasteiger partial charge on any atom is 0.0945 e. The highest BCUT2D eigenvalue weighted by Gasteiger charge is 2.07. The Morgan fingerprint density at radius 3 is 2.89 bits per heavy atom. The molecule has 0 aliphatic carbocycles. The first-order valence-electron chi connectivity index (χ1n) is 6.40. The Hall–Kier alpha value is -0.770. The third-order valence-corrected chi connectivity index (χ3v) is 3.00. The molecule has 0 bridgehead atoms. The van der Waals surface area contributed by atoms with Crippen molar-refractivity contribution in [3.8, 4) is 0 Å². The van der Waals surface area contributed by atoms with Crippen molar-refractivity contribution in [2.75, 3.05) is 25.1 Å². The van der Waals surface area contributed by atoms with Gasteiger partial charge in [0.25, 0.3) is 0 Å². The van der Waals surface area contributed by atoms with Crippen molar-refractivity contribution < 1.29 is 9.84 Å². The van der Waals surface area contributed by atoms with Crippen LogP contribution in [0, 0.1) is 6.92 Å². The van der Waals surface area contributed by atoms with Gasteiger partial charge in [0.15, 0.2) is 0 Å². The van der Waals surface area contributed by atoms with Gasteiger partial charge in [-0.3, -0.25) is 0 Å². The van der Waals surface area contributed by atoms with Gasteiger partial charge in [-0.1, -0.05) is 37.1 Å². The van der Waals surface area contributed by atoms with Crippen LogP contribution < -0.4 is 5.32 Å². The molecule has 18 heavy (non-hydrogen) atoms. The summed E-state index contributed by atoms with van der Waals surface area (Å²) in [5.41, 5.74) is 1.95. The van der Waals surface area contributed by atoms with Crippen LogP contribution in [0.15, 0.2) is 18.2 Å². The molecule has 1 unspecified atom stereocenters. The second-order valence-corrected chi connectivity index (χ2v) is 4.80. The summed E-state index contributed by atoms with van der Waals surface area (Å²) in [5.74, 6) is 0. The van der Waals surface area contributed by atoms with Crippen LogP contribution in [0.4, 0.5) is 5.69 Å². The fourth-order valence-corrected chi connectivity index (χ4v) is 1.89. The minimum Gasteiger partial charge on any atom is -0.389 e. The van der Waals surface area contributed by atoms with Crippen molar-refractivity contribution in [1.29, 1.82) is 0 Å². The summed E-state index contributed by atoms with van der Waals surface area (Å²) >= 11 is 6.08. The smallest absolute Gasteiger partial charge is 0.0945 e. The molecule has 0 aromatic heterocycles. The maximum atomic E-state index is 9.76. The first kappa shape index (κ1) is 15.3. The van der Waals surface area contributed by atoms with Crippen LogP contribution in [-0.2, 0) is 4.74 Å². The molecule has 0 radical (unpaired) electrons. The van der Waals surface area contributed by atoms with E-state index < -0.39 is 6.10 Å². The molecule has 0 amide bonds. The molecule has 1 aromatic rings. The summed E-state index contributed by atoms with van der Waals surface area (Å²) < 4.78 is 5.36. The van der Waals surface area contributed by atoms with E-state index in [2.05, 4.69) is 12.2 Å². The second-order valence-electron chi connectivity index (χ2n) is 4.39. The predicted octanol–water partition coefficient (Wildman–Crippen LogP) is 3.24. The van der Waals surface area contributed by atoms with Gasteiger partial charge in [-0.05, 0) is 25.0 Å². The molecule has 2 N–H and O–H groups in total. The Kier molecular flexibility index (Phi) is 7.09. The van der Waals surface area contributed by atoms with E-state index in [4.69, 9.17) is 16.3 Å². The zero-order valence-electron chi connectivity index (χ0n) is 11.1. The molecular weight excluding hydrogens is 250 g/mol. The molecule has 0 heterocycles. The number of benzene rings is 1. The number of hydrogen-bond donors (Lipinski definition) is 2. The fourth-order valence-electron chi connectivity index (χ4n) is 1.60. The Morgan fingerprint density at radius 2 is 2.22 bits per heavy atom.